The molecule has 3 heterocycles. The number of nitrogens with zero attached hydrogens (tertiary/aromatic N) is 5. The summed E-state index contributed by atoms with van der Waals surface area (Å²) in [7, 11) is 3.88. The summed E-state index contributed by atoms with van der Waals surface area (Å²) >= 11 is 0. The number of aryl methyl sites for hydroxylation is 1. The van der Waals surface area contributed by atoms with Gasteiger partial charge in [-0.2, -0.15) is 0 Å². The van der Waals surface area contributed by atoms with Gasteiger partial charge in [0.2, 0.25) is 5.95 Å². The second-order valence-corrected chi connectivity index (χ2v) is 7.92. The van der Waals surface area contributed by atoms with E-state index in [1.54, 1.807) is 7.11 Å². The molecule has 6 nitrogen and oxygen atoms in total. The van der Waals surface area contributed by atoms with E-state index in [1.807, 2.05) is 0 Å². The summed E-state index contributed by atoms with van der Waals surface area (Å²) in [4.78, 5) is 2.32. The Kier molecular flexibility index (Phi) is 4.91. The van der Waals surface area contributed by atoms with Gasteiger partial charge in [-0.25, -0.2) is 0 Å². The third-order valence-corrected chi connectivity index (χ3v) is 5.56. The number of ether oxygens (including phenoxy) is 1. The molecule has 1 atom stereocenters. The third-order valence-electron chi connectivity index (χ3n) is 5.56. The van der Waals surface area contributed by atoms with Gasteiger partial charge in [0.15, 0.2) is 5.82 Å². The van der Waals surface area contributed by atoms with Crippen LogP contribution < -0.4 is 4.90 Å². The zero-order chi connectivity index (χ0) is 19.0. The number of methoxy groups -OCH3 is 1. The van der Waals surface area contributed by atoms with E-state index < -0.39 is 0 Å². The van der Waals surface area contributed by atoms with E-state index in [2.05, 4.69) is 75.6 Å². The quantitative estimate of drug-likeness (QED) is 0.666. The zero-order valence-corrected chi connectivity index (χ0v) is 16.7. The number of fused-ring (bicyclic) bond motifs is 1. The normalized spacial score (nSPS) is 17.5. The van der Waals surface area contributed by atoms with Gasteiger partial charge in [0.25, 0.3) is 0 Å². The lowest BCUT2D eigenvalue weighted by atomic mass is 10.1. The summed E-state index contributed by atoms with van der Waals surface area (Å²) in [5.74, 6) is 2.56. The van der Waals surface area contributed by atoms with Gasteiger partial charge in [0, 0.05) is 56.5 Å². The van der Waals surface area contributed by atoms with Gasteiger partial charge < -0.3 is 14.2 Å². The van der Waals surface area contributed by atoms with E-state index in [1.165, 1.54) is 10.9 Å². The van der Waals surface area contributed by atoms with Gasteiger partial charge in [-0.05, 0) is 24.8 Å². The van der Waals surface area contributed by atoms with Crippen LogP contribution in [0.4, 0.5) is 5.95 Å². The van der Waals surface area contributed by atoms with Crippen LogP contribution >= 0.6 is 0 Å². The number of para-hydroxylation sites is 1. The van der Waals surface area contributed by atoms with Gasteiger partial charge in [-0.1, -0.05) is 32.0 Å². The predicted molar refractivity (Wildman–Crippen MR) is 109 cm³/mol. The van der Waals surface area contributed by atoms with Crippen molar-refractivity contribution >= 4 is 16.9 Å². The molecule has 27 heavy (non-hydrogen) atoms. The molecule has 0 N–H and O–H groups in total. The van der Waals surface area contributed by atoms with E-state index in [4.69, 9.17) is 4.74 Å². The zero-order valence-electron chi connectivity index (χ0n) is 16.7. The molecule has 6 heteroatoms. The highest BCUT2D eigenvalue weighted by Gasteiger charge is 2.28. The summed E-state index contributed by atoms with van der Waals surface area (Å²) in [6.45, 7) is 7.29. The van der Waals surface area contributed by atoms with Gasteiger partial charge in [-0.3, -0.25) is 4.57 Å². The van der Waals surface area contributed by atoms with E-state index in [0.717, 1.165) is 49.8 Å². The number of aromatic nitrogens is 4. The standard InChI is InChI=1S/C21H29N5O/c1-15(2)9-12-26-20(18-14-24(3)19-8-6-5-7-17(18)19)22-23-21(26)25-11-10-16(13-25)27-4/h5-8,14-16H,9-13H2,1-4H3/t16-/m1/s1. The molecule has 0 radical (unpaired) electrons. The molecule has 0 saturated carbocycles. The Morgan fingerprint density at radius 2 is 2.04 bits per heavy atom. The lowest BCUT2D eigenvalue weighted by Crippen LogP contribution is -2.25. The Morgan fingerprint density at radius 1 is 1.22 bits per heavy atom. The number of anilines is 1. The van der Waals surface area contributed by atoms with E-state index in [9.17, 15) is 0 Å². The fraction of sp³-hybridized carbons (Fsp3) is 0.524. The van der Waals surface area contributed by atoms with Crippen LogP contribution in [0.25, 0.3) is 22.3 Å². The predicted octanol–water partition coefficient (Wildman–Crippen LogP) is 3.71. The highest BCUT2D eigenvalue weighted by atomic mass is 16.5. The largest absolute Gasteiger partial charge is 0.380 e. The molecule has 0 unspecified atom stereocenters. The maximum Gasteiger partial charge on any atom is 0.227 e. The molecule has 0 amide bonds. The fourth-order valence-corrected chi connectivity index (χ4v) is 3.94. The van der Waals surface area contributed by atoms with Crippen LogP contribution in [0, 0.1) is 5.92 Å². The van der Waals surface area contributed by atoms with Crippen molar-refractivity contribution in [1.82, 2.24) is 19.3 Å². The molecule has 3 aromatic rings. The molecule has 0 aliphatic carbocycles. The minimum atomic E-state index is 0.279. The Bertz CT molecular complexity index is 926. The number of rotatable bonds is 6. The smallest absolute Gasteiger partial charge is 0.227 e. The minimum absolute atomic E-state index is 0.279. The number of hydrogen-bond donors (Lipinski definition) is 0. The second-order valence-electron chi connectivity index (χ2n) is 7.92. The molecule has 1 saturated heterocycles. The van der Waals surface area contributed by atoms with Crippen LogP contribution in [0.5, 0.6) is 0 Å². The molecular formula is C21H29N5O. The molecular weight excluding hydrogens is 338 g/mol. The molecule has 4 rings (SSSR count). The van der Waals surface area contributed by atoms with Gasteiger partial charge in [0.05, 0.1) is 6.10 Å². The molecule has 144 valence electrons. The summed E-state index contributed by atoms with van der Waals surface area (Å²) in [6.07, 6.45) is 4.59. The average Bonchev–Trinajstić information content (AvgIpc) is 3.37. The van der Waals surface area contributed by atoms with Gasteiger partial charge in [-0.15, -0.1) is 10.2 Å². The van der Waals surface area contributed by atoms with Gasteiger partial charge in [0.1, 0.15) is 0 Å². The van der Waals surface area contributed by atoms with Crippen LogP contribution in [0.15, 0.2) is 30.5 Å². The van der Waals surface area contributed by atoms with Crippen LogP contribution in [0.1, 0.15) is 26.7 Å². The molecule has 0 spiro atoms. The van der Waals surface area contributed by atoms with E-state index in [-0.39, 0.29) is 6.10 Å². The van der Waals surface area contributed by atoms with Gasteiger partial charge >= 0.3 is 0 Å². The monoisotopic (exact) mass is 367 g/mol. The van der Waals surface area contributed by atoms with Crippen LogP contribution in [0.2, 0.25) is 0 Å². The highest BCUT2D eigenvalue weighted by Crippen LogP contribution is 2.32. The molecule has 2 aromatic heterocycles. The van der Waals surface area contributed by atoms with E-state index >= 15 is 0 Å². The third kappa shape index (κ3) is 3.34. The lowest BCUT2D eigenvalue weighted by Gasteiger charge is -2.19. The maximum atomic E-state index is 5.55. The SMILES string of the molecule is CO[C@@H]1CCN(c2nnc(-c3cn(C)c4ccccc34)n2CCC(C)C)C1. The van der Waals surface area contributed by atoms with Crippen LogP contribution in [-0.4, -0.2) is 45.6 Å². The topological polar surface area (TPSA) is 48.1 Å². The van der Waals surface area contributed by atoms with Crippen LogP contribution in [0.3, 0.4) is 0 Å². The minimum Gasteiger partial charge on any atom is -0.380 e. The van der Waals surface area contributed by atoms with Crippen molar-refractivity contribution in [2.45, 2.75) is 39.3 Å². The Balaban J connectivity index is 1.78. The highest BCUT2D eigenvalue weighted by molar-refractivity contribution is 5.94. The van der Waals surface area contributed by atoms with Crippen molar-refractivity contribution in [1.29, 1.82) is 0 Å². The first-order valence-electron chi connectivity index (χ1n) is 9.84. The maximum absolute atomic E-state index is 5.55. The molecule has 1 aromatic carbocycles. The molecule has 1 aliphatic heterocycles. The summed E-state index contributed by atoms with van der Waals surface area (Å²) < 4.78 is 10.0. The first-order valence-corrected chi connectivity index (χ1v) is 9.84. The lowest BCUT2D eigenvalue weighted by molar-refractivity contribution is 0.121. The first kappa shape index (κ1) is 18.0. The number of benzene rings is 1. The molecule has 1 aliphatic rings. The Labute approximate surface area is 160 Å². The van der Waals surface area contributed by atoms with Crippen molar-refractivity contribution in [3.8, 4) is 11.4 Å². The van der Waals surface area contributed by atoms with Crippen molar-refractivity contribution in [2.75, 3.05) is 25.1 Å². The van der Waals surface area contributed by atoms with E-state index in [0.29, 0.717) is 5.92 Å². The van der Waals surface area contributed by atoms with Crippen molar-refractivity contribution in [3.63, 3.8) is 0 Å². The summed E-state index contributed by atoms with van der Waals surface area (Å²) in [5.41, 5.74) is 2.37. The van der Waals surface area contributed by atoms with Crippen molar-refractivity contribution < 1.29 is 4.74 Å². The number of hydrogen-bond acceptors (Lipinski definition) is 4. The van der Waals surface area contributed by atoms with Crippen molar-refractivity contribution in [3.05, 3.63) is 30.5 Å². The first-order chi connectivity index (χ1) is 13.1. The Morgan fingerprint density at radius 3 is 2.78 bits per heavy atom. The average molecular weight is 367 g/mol. The molecule has 0 bridgehead atoms. The summed E-state index contributed by atoms with van der Waals surface area (Å²) in [6, 6.07) is 8.49. The fourth-order valence-electron chi connectivity index (χ4n) is 3.94. The van der Waals surface area contributed by atoms with Crippen molar-refractivity contribution in [2.24, 2.45) is 13.0 Å². The van der Waals surface area contributed by atoms with Crippen LogP contribution in [-0.2, 0) is 18.3 Å². The second kappa shape index (κ2) is 7.35. The Hall–Kier alpha value is -2.34. The summed E-state index contributed by atoms with van der Waals surface area (Å²) in [5, 5.41) is 10.5. The molecule has 1 fully saturated rings.